The number of nitrogens with one attached hydrogen (secondary N) is 1. The summed E-state index contributed by atoms with van der Waals surface area (Å²) in [6, 6.07) is 12.8. The zero-order chi connectivity index (χ0) is 18.5. The number of hydrogen-bond acceptors (Lipinski definition) is 5. The van der Waals surface area contributed by atoms with Crippen molar-refractivity contribution in [3.05, 3.63) is 59.7 Å². The van der Waals surface area contributed by atoms with E-state index in [1.54, 1.807) is 24.3 Å². The molecule has 1 aliphatic rings. The maximum absolute atomic E-state index is 12.2. The van der Waals surface area contributed by atoms with Gasteiger partial charge in [-0.3, -0.25) is 4.79 Å². The summed E-state index contributed by atoms with van der Waals surface area (Å²) in [6.45, 7) is 3.65. The third kappa shape index (κ3) is 4.42. The molecule has 1 amide bonds. The van der Waals surface area contributed by atoms with Crippen molar-refractivity contribution in [3.8, 4) is 11.5 Å². The molecule has 6 nitrogen and oxygen atoms in total. The fourth-order valence-corrected chi connectivity index (χ4v) is 2.42. The van der Waals surface area contributed by atoms with Crippen molar-refractivity contribution in [1.29, 1.82) is 0 Å². The summed E-state index contributed by atoms with van der Waals surface area (Å²) in [5.41, 5.74) is 2.52. The van der Waals surface area contributed by atoms with Crippen LogP contribution in [0.1, 0.15) is 18.1 Å². The van der Waals surface area contributed by atoms with Crippen molar-refractivity contribution in [2.75, 3.05) is 12.1 Å². The molecule has 0 aromatic heterocycles. The molecule has 0 fully saturated rings. The van der Waals surface area contributed by atoms with Crippen molar-refractivity contribution in [3.63, 3.8) is 0 Å². The highest BCUT2D eigenvalue weighted by atomic mass is 16.7. The van der Waals surface area contributed by atoms with Crippen molar-refractivity contribution < 1.29 is 23.8 Å². The maximum atomic E-state index is 12.2. The molecular weight excluding hydrogens is 334 g/mol. The Morgan fingerprint density at radius 2 is 1.96 bits per heavy atom. The molecule has 26 heavy (non-hydrogen) atoms. The zero-order valence-corrected chi connectivity index (χ0v) is 14.5. The lowest BCUT2D eigenvalue weighted by Gasteiger charge is -2.12. The van der Waals surface area contributed by atoms with Gasteiger partial charge in [-0.05, 0) is 37.6 Å². The molecule has 0 spiro atoms. The van der Waals surface area contributed by atoms with E-state index in [9.17, 15) is 9.59 Å². The summed E-state index contributed by atoms with van der Waals surface area (Å²) >= 11 is 0. The first kappa shape index (κ1) is 17.5. The second-order valence-electron chi connectivity index (χ2n) is 5.88. The highest BCUT2D eigenvalue weighted by Gasteiger charge is 2.19. The summed E-state index contributed by atoms with van der Waals surface area (Å²) < 4.78 is 15.6. The minimum Gasteiger partial charge on any atom is -0.454 e. The normalized spacial score (nSPS) is 13.5. The van der Waals surface area contributed by atoms with Crippen LogP contribution in [0.5, 0.6) is 11.5 Å². The lowest BCUT2D eigenvalue weighted by Crippen LogP contribution is -2.29. The number of carbonyl (C=O) groups excluding carboxylic acids is 2. The second-order valence-corrected chi connectivity index (χ2v) is 5.88. The number of fused-ring (bicyclic) bond motifs is 1. The molecule has 6 heteroatoms. The Morgan fingerprint density at radius 1 is 1.15 bits per heavy atom. The van der Waals surface area contributed by atoms with E-state index in [-0.39, 0.29) is 6.79 Å². The van der Waals surface area contributed by atoms with Crippen LogP contribution in [0.25, 0.3) is 6.08 Å². The van der Waals surface area contributed by atoms with Gasteiger partial charge in [-0.2, -0.15) is 0 Å². The van der Waals surface area contributed by atoms with Crippen molar-refractivity contribution in [2.45, 2.75) is 20.0 Å². The molecule has 1 atom stereocenters. The van der Waals surface area contributed by atoms with Crippen molar-refractivity contribution >= 4 is 23.6 Å². The molecule has 2 aromatic carbocycles. The molecular formula is C20H19NO5. The van der Waals surface area contributed by atoms with Crippen LogP contribution >= 0.6 is 0 Å². The van der Waals surface area contributed by atoms with E-state index < -0.39 is 18.0 Å². The number of anilines is 1. The van der Waals surface area contributed by atoms with E-state index in [1.807, 2.05) is 31.2 Å². The molecule has 0 saturated carbocycles. The van der Waals surface area contributed by atoms with Crippen LogP contribution in [0.15, 0.2) is 48.5 Å². The van der Waals surface area contributed by atoms with Gasteiger partial charge >= 0.3 is 5.97 Å². The van der Waals surface area contributed by atoms with Crippen LogP contribution in [0.2, 0.25) is 0 Å². The van der Waals surface area contributed by atoms with Crippen molar-refractivity contribution in [1.82, 2.24) is 0 Å². The first-order valence-corrected chi connectivity index (χ1v) is 8.17. The van der Waals surface area contributed by atoms with Gasteiger partial charge in [0.15, 0.2) is 17.6 Å². The van der Waals surface area contributed by atoms with Gasteiger partial charge in [-0.1, -0.05) is 29.8 Å². The molecule has 1 N–H and O–H groups in total. The predicted octanol–water partition coefficient (Wildman–Crippen LogP) is 3.31. The number of esters is 1. The van der Waals surface area contributed by atoms with Crippen LogP contribution in [0, 0.1) is 6.92 Å². The minimum atomic E-state index is -0.935. The van der Waals surface area contributed by atoms with Gasteiger partial charge in [-0.15, -0.1) is 0 Å². The Kier molecular flexibility index (Phi) is 5.22. The monoisotopic (exact) mass is 353 g/mol. The summed E-state index contributed by atoms with van der Waals surface area (Å²) in [7, 11) is 0. The Morgan fingerprint density at radius 3 is 2.77 bits per heavy atom. The Balaban J connectivity index is 1.54. The van der Waals surface area contributed by atoms with Gasteiger partial charge in [0.05, 0.1) is 0 Å². The summed E-state index contributed by atoms with van der Waals surface area (Å²) in [6.07, 6.45) is 2.02. The molecule has 0 unspecified atom stereocenters. The van der Waals surface area contributed by atoms with Gasteiger partial charge in [0, 0.05) is 17.8 Å². The first-order chi connectivity index (χ1) is 12.5. The molecule has 0 saturated heterocycles. The number of hydrogen-bond donors (Lipinski definition) is 1. The quantitative estimate of drug-likeness (QED) is 0.659. The Labute approximate surface area is 151 Å². The lowest BCUT2D eigenvalue weighted by molar-refractivity contribution is -0.148. The van der Waals surface area contributed by atoms with E-state index in [0.717, 1.165) is 11.1 Å². The minimum absolute atomic E-state index is 0.161. The standard InChI is InChI=1S/C20H19NO5/c1-13-4-3-5-15(10-13)6-9-19(22)26-14(2)20(23)21-16-7-8-17-18(11-16)25-12-24-17/h3-11,14H,12H2,1-2H3,(H,21,23)/b9-6+/t14-/m1/s1. The Bertz CT molecular complexity index is 859. The van der Waals surface area contributed by atoms with Gasteiger partial charge < -0.3 is 19.5 Å². The molecule has 3 rings (SSSR count). The lowest BCUT2D eigenvalue weighted by atomic mass is 10.1. The molecule has 1 aliphatic heterocycles. The van der Waals surface area contributed by atoms with E-state index in [4.69, 9.17) is 14.2 Å². The van der Waals surface area contributed by atoms with E-state index in [1.165, 1.54) is 13.0 Å². The van der Waals surface area contributed by atoms with Crippen LogP contribution < -0.4 is 14.8 Å². The van der Waals surface area contributed by atoms with Gasteiger partial charge in [0.2, 0.25) is 6.79 Å². The van der Waals surface area contributed by atoms with Gasteiger partial charge in [0.1, 0.15) is 0 Å². The number of carbonyl (C=O) groups is 2. The third-order valence-electron chi connectivity index (χ3n) is 3.76. The summed E-state index contributed by atoms with van der Waals surface area (Å²) in [5.74, 6) is 0.179. The third-order valence-corrected chi connectivity index (χ3v) is 3.76. The zero-order valence-electron chi connectivity index (χ0n) is 14.5. The summed E-state index contributed by atoms with van der Waals surface area (Å²) in [5, 5.41) is 2.68. The highest BCUT2D eigenvalue weighted by molar-refractivity contribution is 5.96. The number of benzene rings is 2. The van der Waals surface area contributed by atoms with E-state index in [2.05, 4.69) is 5.32 Å². The molecule has 134 valence electrons. The van der Waals surface area contributed by atoms with Crippen LogP contribution in [-0.4, -0.2) is 24.8 Å². The molecule has 1 heterocycles. The van der Waals surface area contributed by atoms with E-state index in [0.29, 0.717) is 17.2 Å². The highest BCUT2D eigenvalue weighted by Crippen LogP contribution is 2.34. The Hall–Kier alpha value is -3.28. The first-order valence-electron chi connectivity index (χ1n) is 8.17. The number of ether oxygens (including phenoxy) is 3. The fourth-order valence-electron chi connectivity index (χ4n) is 2.42. The largest absolute Gasteiger partial charge is 0.454 e. The molecule has 2 aromatic rings. The number of aryl methyl sites for hydroxylation is 1. The maximum Gasteiger partial charge on any atom is 0.331 e. The van der Waals surface area contributed by atoms with E-state index >= 15 is 0 Å². The van der Waals surface area contributed by atoms with Gasteiger partial charge in [0.25, 0.3) is 5.91 Å². The summed E-state index contributed by atoms with van der Waals surface area (Å²) in [4.78, 5) is 24.1. The fraction of sp³-hybridized carbons (Fsp3) is 0.200. The predicted molar refractivity (Wildman–Crippen MR) is 97.0 cm³/mol. The second kappa shape index (κ2) is 7.74. The van der Waals surface area contributed by atoms with Crippen LogP contribution in [0.3, 0.4) is 0 Å². The van der Waals surface area contributed by atoms with Crippen LogP contribution in [0.4, 0.5) is 5.69 Å². The SMILES string of the molecule is Cc1cccc(/C=C/C(=O)O[C@H](C)C(=O)Nc2ccc3c(c2)OCO3)c1. The average Bonchev–Trinajstić information content (AvgIpc) is 3.07. The smallest absolute Gasteiger partial charge is 0.331 e. The number of rotatable bonds is 5. The molecule has 0 aliphatic carbocycles. The van der Waals surface area contributed by atoms with Gasteiger partial charge in [-0.25, -0.2) is 4.79 Å². The number of amides is 1. The average molecular weight is 353 g/mol. The van der Waals surface area contributed by atoms with Crippen LogP contribution in [-0.2, 0) is 14.3 Å². The topological polar surface area (TPSA) is 73.9 Å². The molecule has 0 bridgehead atoms. The molecule has 0 radical (unpaired) electrons. The van der Waals surface area contributed by atoms with Crippen molar-refractivity contribution in [2.24, 2.45) is 0 Å².